The first-order valence-corrected chi connectivity index (χ1v) is 10.8. The SMILES string of the molecule is CC(C)(C)[Si](OC[C@@]1(C)C=CCO1)(c1ccccc1)c1ccccc1. The molecule has 0 saturated carbocycles. The third-order valence-corrected chi connectivity index (χ3v) is 9.95. The van der Waals surface area contributed by atoms with E-state index in [4.69, 9.17) is 9.16 Å². The molecule has 3 rings (SSSR count). The van der Waals surface area contributed by atoms with Crippen LogP contribution in [0.3, 0.4) is 0 Å². The van der Waals surface area contributed by atoms with Crippen LogP contribution in [0.1, 0.15) is 27.7 Å². The highest BCUT2D eigenvalue weighted by Gasteiger charge is 2.51. The molecule has 1 aliphatic rings. The zero-order chi connectivity index (χ0) is 18.0. The molecule has 1 aliphatic heterocycles. The van der Waals surface area contributed by atoms with Crippen molar-refractivity contribution < 1.29 is 9.16 Å². The molecule has 0 aliphatic carbocycles. The Morgan fingerprint density at radius 3 is 1.88 bits per heavy atom. The van der Waals surface area contributed by atoms with Crippen LogP contribution in [-0.4, -0.2) is 27.1 Å². The van der Waals surface area contributed by atoms with E-state index < -0.39 is 8.32 Å². The van der Waals surface area contributed by atoms with Gasteiger partial charge in [-0.15, -0.1) is 0 Å². The predicted molar refractivity (Wildman–Crippen MR) is 107 cm³/mol. The molecule has 0 radical (unpaired) electrons. The first kappa shape index (κ1) is 18.1. The fourth-order valence-corrected chi connectivity index (χ4v) is 8.35. The first-order valence-electron chi connectivity index (χ1n) is 8.94. The molecule has 2 aromatic carbocycles. The van der Waals surface area contributed by atoms with Gasteiger partial charge in [-0.05, 0) is 22.3 Å². The summed E-state index contributed by atoms with van der Waals surface area (Å²) in [7, 11) is -2.48. The van der Waals surface area contributed by atoms with Gasteiger partial charge in [-0.2, -0.15) is 0 Å². The Hall–Kier alpha value is -1.68. The summed E-state index contributed by atoms with van der Waals surface area (Å²) < 4.78 is 12.8. The highest BCUT2D eigenvalue weighted by molar-refractivity contribution is 6.99. The molecule has 1 atom stereocenters. The Kier molecular flexibility index (Phi) is 5.01. The summed E-state index contributed by atoms with van der Waals surface area (Å²) in [5, 5.41) is 2.60. The van der Waals surface area contributed by atoms with Crippen molar-refractivity contribution in [1.82, 2.24) is 0 Å². The quantitative estimate of drug-likeness (QED) is 0.600. The van der Waals surface area contributed by atoms with Gasteiger partial charge in [0.1, 0.15) is 5.60 Å². The third-order valence-electron chi connectivity index (χ3n) is 4.97. The highest BCUT2D eigenvalue weighted by Crippen LogP contribution is 2.37. The Balaban J connectivity index is 2.10. The average Bonchev–Trinajstić information content (AvgIpc) is 3.03. The lowest BCUT2D eigenvalue weighted by Gasteiger charge is -2.44. The monoisotopic (exact) mass is 352 g/mol. The lowest BCUT2D eigenvalue weighted by atomic mass is 10.1. The van der Waals surface area contributed by atoms with Crippen LogP contribution in [0.4, 0.5) is 0 Å². The molecule has 0 unspecified atom stereocenters. The summed E-state index contributed by atoms with van der Waals surface area (Å²) in [5.41, 5.74) is -0.340. The van der Waals surface area contributed by atoms with E-state index in [9.17, 15) is 0 Å². The van der Waals surface area contributed by atoms with E-state index in [1.807, 2.05) is 0 Å². The number of ether oxygens (including phenoxy) is 1. The van der Waals surface area contributed by atoms with Crippen molar-refractivity contribution in [3.63, 3.8) is 0 Å². The number of rotatable bonds is 5. The molecular weight excluding hydrogens is 324 g/mol. The normalized spacial score (nSPS) is 20.8. The van der Waals surface area contributed by atoms with Gasteiger partial charge in [0.15, 0.2) is 0 Å². The molecule has 0 fully saturated rings. The van der Waals surface area contributed by atoms with Crippen LogP contribution in [0.5, 0.6) is 0 Å². The smallest absolute Gasteiger partial charge is 0.261 e. The molecule has 1 heterocycles. The van der Waals surface area contributed by atoms with Gasteiger partial charge in [0.2, 0.25) is 0 Å². The number of benzene rings is 2. The van der Waals surface area contributed by atoms with Gasteiger partial charge in [0.05, 0.1) is 13.2 Å². The van der Waals surface area contributed by atoms with Gasteiger partial charge in [-0.1, -0.05) is 93.6 Å². The Bertz CT molecular complexity index is 679. The summed E-state index contributed by atoms with van der Waals surface area (Å²) in [6, 6.07) is 21.5. The molecule has 0 aromatic heterocycles. The average molecular weight is 353 g/mol. The minimum absolute atomic E-state index is 0.00557. The van der Waals surface area contributed by atoms with Crippen LogP contribution < -0.4 is 10.4 Å². The van der Waals surface area contributed by atoms with Crippen LogP contribution in [-0.2, 0) is 9.16 Å². The fraction of sp³-hybridized carbons (Fsp3) is 0.364. The lowest BCUT2D eigenvalue weighted by Crippen LogP contribution is -2.67. The predicted octanol–water partition coefficient (Wildman–Crippen LogP) is 3.91. The zero-order valence-electron chi connectivity index (χ0n) is 15.7. The molecule has 0 N–H and O–H groups in total. The molecule has 3 heteroatoms. The van der Waals surface area contributed by atoms with E-state index in [1.54, 1.807) is 0 Å². The van der Waals surface area contributed by atoms with E-state index >= 15 is 0 Å². The largest absolute Gasteiger partial charge is 0.404 e. The van der Waals surface area contributed by atoms with Gasteiger partial charge in [-0.25, -0.2) is 0 Å². The van der Waals surface area contributed by atoms with Gasteiger partial charge in [0.25, 0.3) is 8.32 Å². The van der Waals surface area contributed by atoms with E-state index in [0.29, 0.717) is 13.2 Å². The van der Waals surface area contributed by atoms with Gasteiger partial charge >= 0.3 is 0 Å². The minimum atomic E-state index is -2.48. The minimum Gasteiger partial charge on any atom is -0.404 e. The van der Waals surface area contributed by atoms with Crippen molar-refractivity contribution in [3.05, 3.63) is 72.8 Å². The maximum Gasteiger partial charge on any atom is 0.261 e. The van der Waals surface area contributed by atoms with Crippen LogP contribution in [0.2, 0.25) is 5.04 Å². The van der Waals surface area contributed by atoms with Crippen molar-refractivity contribution in [2.24, 2.45) is 0 Å². The van der Waals surface area contributed by atoms with E-state index in [2.05, 4.69) is 101 Å². The summed E-state index contributed by atoms with van der Waals surface area (Å²) in [6.45, 7) is 10.2. The second kappa shape index (κ2) is 6.91. The van der Waals surface area contributed by atoms with Crippen molar-refractivity contribution in [2.45, 2.75) is 38.3 Å². The van der Waals surface area contributed by atoms with Gasteiger partial charge in [0, 0.05) is 0 Å². The van der Waals surface area contributed by atoms with Gasteiger partial charge in [-0.3, -0.25) is 0 Å². The molecule has 0 bridgehead atoms. The maximum atomic E-state index is 6.92. The van der Waals surface area contributed by atoms with Crippen LogP contribution in [0, 0.1) is 0 Å². The van der Waals surface area contributed by atoms with Crippen molar-refractivity contribution in [3.8, 4) is 0 Å². The molecule has 25 heavy (non-hydrogen) atoms. The third kappa shape index (κ3) is 3.50. The van der Waals surface area contributed by atoms with E-state index in [-0.39, 0.29) is 10.6 Å². The highest BCUT2D eigenvalue weighted by atomic mass is 28.4. The van der Waals surface area contributed by atoms with Gasteiger partial charge < -0.3 is 9.16 Å². The zero-order valence-corrected chi connectivity index (χ0v) is 16.7. The fourth-order valence-electron chi connectivity index (χ4n) is 3.69. The summed E-state index contributed by atoms with van der Waals surface area (Å²) >= 11 is 0. The van der Waals surface area contributed by atoms with E-state index in [0.717, 1.165) is 0 Å². The molecular formula is C22H28O2Si. The maximum absolute atomic E-state index is 6.92. The standard InChI is InChI=1S/C22H28O2Si/c1-21(2,3)25(19-12-7-5-8-13-19,20-14-9-6-10-15-20)24-18-22(4)16-11-17-23-22/h5-16H,17-18H2,1-4H3/t22-/m1/s1. The van der Waals surface area contributed by atoms with Crippen LogP contribution >= 0.6 is 0 Å². The number of hydrogen-bond acceptors (Lipinski definition) is 2. The lowest BCUT2D eigenvalue weighted by molar-refractivity contribution is 0.00146. The summed E-state index contributed by atoms with van der Waals surface area (Å²) in [6.07, 6.45) is 4.21. The Morgan fingerprint density at radius 2 is 1.48 bits per heavy atom. The molecule has 2 nitrogen and oxygen atoms in total. The molecule has 0 amide bonds. The molecule has 2 aromatic rings. The van der Waals surface area contributed by atoms with Crippen LogP contribution in [0.15, 0.2) is 72.8 Å². The van der Waals surface area contributed by atoms with Crippen LogP contribution in [0.25, 0.3) is 0 Å². The molecule has 0 spiro atoms. The second-order valence-electron chi connectivity index (χ2n) is 7.98. The second-order valence-corrected chi connectivity index (χ2v) is 12.3. The Labute approximate surface area is 152 Å². The number of hydrogen-bond donors (Lipinski definition) is 0. The molecule has 0 saturated heterocycles. The van der Waals surface area contributed by atoms with Crippen molar-refractivity contribution in [1.29, 1.82) is 0 Å². The van der Waals surface area contributed by atoms with E-state index in [1.165, 1.54) is 10.4 Å². The van der Waals surface area contributed by atoms with Crippen molar-refractivity contribution in [2.75, 3.05) is 13.2 Å². The van der Waals surface area contributed by atoms with Crippen molar-refractivity contribution >= 4 is 18.7 Å². The summed E-state index contributed by atoms with van der Waals surface area (Å²) in [5.74, 6) is 0. The Morgan fingerprint density at radius 1 is 0.960 bits per heavy atom. The first-order chi connectivity index (χ1) is 11.9. The topological polar surface area (TPSA) is 18.5 Å². The summed E-state index contributed by atoms with van der Waals surface area (Å²) in [4.78, 5) is 0. The molecule has 132 valence electrons.